The largest absolute Gasteiger partial charge is 0.378 e. The lowest BCUT2D eigenvalue weighted by atomic mass is 10.2. The zero-order valence-electron chi connectivity index (χ0n) is 11.2. The molecule has 0 bridgehead atoms. The molecular formula is C13H22N2O2S. The van der Waals surface area contributed by atoms with E-state index in [1.165, 1.54) is 4.88 Å². The van der Waals surface area contributed by atoms with Crippen LogP contribution in [0.1, 0.15) is 47.9 Å². The lowest BCUT2D eigenvalue weighted by molar-refractivity contribution is 0.111. The van der Waals surface area contributed by atoms with Gasteiger partial charge in [0, 0.05) is 25.1 Å². The van der Waals surface area contributed by atoms with Gasteiger partial charge in [0.15, 0.2) is 0 Å². The van der Waals surface area contributed by atoms with Crippen LogP contribution in [0.5, 0.6) is 0 Å². The van der Waals surface area contributed by atoms with E-state index < -0.39 is 0 Å². The van der Waals surface area contributed by atoms with Gasteiger partial charge in [-0.2, -0.15) is 0 Å². The van der Waals surface area contributed by atoms with E-state index in [9.17, 15) is 0 Å². The molecule has 1 aromatic heterocycles. The van der Waals surface area contributed by atoms with E-state index in [0.29, 0.717) is 6.61 Å². The number of aromatic nitrogens is 1. The molecule has 0 aliphatic carbocycles. The molecule has 1 saturated heterocycles. The van der Waals surface area contributed by atoms with Crippen molar-refractivity contribution >= 4 is 11.3 Å². The maximum atomic E-state index is 5.70. The van der Waals surface area contributed by atoms with Crippen molar-refractivity contribution in [2.45, 2.75) is 45.4 Å². The fraction of sp³-hybridized carbons (Fsp3) is 0.769. The van der Waals surface area contributed by atoms with Crippen LogP contribution in [0.25, 0.3) is 0 Å². The van der Waals surface area contributed by atoms with Gasteiger partial charge >= 0.3 is 0 Å². The summed E-state index contributed by atoms with van der Waals surface area (Å²) in [6.45, 7) is 5.56. The van der Waals surface area contributed by atoms with Gasteiger partial charge in [0.2, 0.25) is 0 Å². The topological polar surface area (TPSA) is 43.4 Å². The lowest BCUT2D eigenvalue weighted by Gasteiger charge is -2.03. The van der Waals surface area contributed by atoms with Crippen LogP contribution >= 0.6 is 11.3 Å². The van der Waals surface area contributed by atoms with Crippen LogP contribution in [0.4, 0.5) is 0 Å². The number of hydrogen-bond donors (Lipinski definition) is 1. The number of rotatable bonds is 7. The van der Waals surface area contributed by atoms with Crippen LogP contribution in [0.3, 0.4) is 0 Å². The van der Waals surface area contributed by atoms with Crippen molar-refractivity contribution in [3.8, 4) is 0 Å². The molecule has 1 fully saturated rings. The van der Waals surface area contributed by atoms with Gasteiger partial charge in [-0.25, -0.2) is 4.98 Å². The molecule has 2 rings (SSSR count). The number of nitrogens with one attached hydrogen (secondary N) is 1. The first-order valence-corrected chi connectivity index (χ1v) is 7.46. The van der Waals surface area contributed by atoms with E-state index in [0.717, 1.165) is 49.7 Å². The molecule has 0 amide bonds. The van der Waals surface area contributed by atoms with Gasteiger partial charge in [-0.15, -0.1) is 11.3 Å². The molecule has 18 heavy (non-hydrogen) atoms. The average molecular weight is 270 g/mol. The molecule has 102 valence electrons. The minimum Gasteiger partial charge on any atom is -0.378 e. The van der Waals surface area contributed by atoms with E-state index >= 15 is 0 Å². The second-order valence-corrected chi connectivity index (χ2v) is 5.65. The SMILES string of the molecule is CCCNCc1sc(C2CCCO2)nc1COC. The van der Waals surface area contributed by atoms with Gasteiger partial charge in [-0.05, 0) is 25.8 Å². The summed E-state index contributed by atoms with van der Waals surface area (Å²) in [6.07, 6.45) is 3.61. The van der Waals surface area contributed by atoms with Gasteiger partial charge in [0.05, 0.1) is 12.3 Å². The first kappa shape index (κ1) is 13.9. The Labute approximate surface area is 113 Å². The average Bonchev–Trinajstić information content (AvgIpc) is 2.99. The summed E-state index contributed by atoms with van der Waals surface area (Å²) in [5.41, 5.74) is 1.07. The third kappa shape index (κ3) is 3.51. The van der Waals surface area contributed by atoms with Crippen LogP contribution in [0, 0.1) is 0 Å². The summed E-state index contributed by atoms with van der Waals surface area (Å²) in [5.74, 6) is 0. The lowest BCUT2D eigenvalue weighted by Crippen LogP contribution is -2.14. The number of thiazole rings is 1. The molecule has 0 radical (unpaired) electrons. The third-order valence-corrected chi connectivity index (χ3v) is 4.18. The van der Waals surface area contributed by atoms with Crippen LogP contribution in [0.15, 0.2) is 0 Å². The van der Waals surface area contributed by atoms with Gasteiger partial charge < -0.3 is 14.8 Å². The second-order valence-electron chi connectivity index (χ2n) is 4.53. The molecule has 5 heteroatoms. The summed E-state index contributed by atoms with van der Waals surface area (Å²) in [5, 5.41) is 4.55. The van der Waals surface area contributed by atoms with Crippen LogP contribution < -0.4 is 5.32 Å². The highest BCUT2D eigenvalue weighted by atomic mass is 32.1. The van der Waals surface area contributed by atoms with Crippen molar-refractivity contribution in [1.29, 1.82) is 0 Å². The Bertz CT molecular complexity index is 362. The normalized spacial score (nSPS) is 19.6. The predicted octanol–water partition coefficient (Wildman–Crippen LogP) is 2.64. The molecule has 1 aliphatic heterocycles. The van der Waals surface area contributed by atoms with Crippen molar-refractivity contribution in [3.63, 3.8) is 0 Å². The highest BCUT2D eigenvalue weighted by Crippen LogP contribution is 2.33. The maximum absolute atomic E-state index is 5.70. The molecule has 1 aromatic rings. The maximum Gasteiger partial charge on any atom is 0.122 e. The van der Waals surface area contributed by atoms with Crippen molar-refractivity contribution in [2.75, 3.05) is 20.3 Å². The first-order chi connectivity index (χ1) is 8.85. The van der Waals surface area contributed by atoms with Crippen molar-refractivity contribution in [2.24, 2.45) is 0 Å². The molecule has 1 N–H and O–H groups in total. The van der Waals surface area contributed by atoms with Gasteiger partial charge in [0.25, 0.3) is 0 Å². The second kappa shape index (κ2) is 7.19. The number of nitrogens with zero attached hydrogens (tertiary/aromatic N) is 1. The molecular weight excluding hydrogens is 248 g/mol. The van der Waals surface area contributed by atoms with Crippen LogP contribution in [0.2, 0.25) is 0 Å². The Balaban J connectivity index is 2.04. The quantitative estimate of drug-likeness (QED) is 0.774. The Kier molecular flexibility index (Phi) is 5.56. The number of ether oxygens (including phenoxy) is 2. The minimum absolute atomic E-state index is 0.213. The van der Waals surface area contributed by atoms with Crippen molar-refractivity contribution in [3.05, 3.63) is 15.6 Å². The fourth-order valence-electron chi connectivity index (χ4n) is 2.08. The zero-order chi connectivity index (χ0) is 12.8. The Morgan fingerprint density at radius 3 is 3.11 bits per heavy atom. The highest BCUT2D eigenvalue weighted by molar-refractivity contribution is 7.11. The van der Waals surface area contributed by atoms with E-state index in [2.05, 4.69) is 17.2 Å². The monoisotopic (exact) mass is 270 g/mol. The Morgan fingerprint density at radius 2 is 2.44 bits per heavy atom. The standard InChI is InChI=1S/C13H22N2O2S/c1-3-6-14-8-12-10(9-16-2)15-13(18-12)11-5-4-7-17-11/h11,14H,3-9H2,1-2H3. The highest BCUT2D eigenvalue weighted by Gasteiger charge is 2.23. The summed E-state index contributed by atoms with van der Waals surface area (Å²) < 4.78 is 10.9. The summed E-state index contributed by atoms with van der Waals surface area (Å²) in [4.78, 5) is 5.98. The molecule has 0 aromatic carbocycles. The molecule has 0 spiro atoms. The number of hydrogen-bond acceptors (Lipinski definition) is 5. The van der Waals surface area contributed by atoms with Crippen molar-refractivity contribution in [1.82, 2.24) is 10.3 Å². The Morgan fingerprint density at radius 1 is 1.56 bits per heavy atom. The Hall–Kier alpha value is -0.490. The summed E-state index contributed by atoms with van der Waals surface area (Å²) in [6, 6.07) is 0. The molecule has 2 heterocycles. The van der Waals surface area contributed by atoms with Crippen LogP contribution in [-0.2, 0) is 22.6 Å². The number of methoxy groups -OCH3 is 1. The first-order valence-electron chi connectivity index (χ1n) is 6.65. The molecule has 1 unspecified atom stereocenters. The minimum atomic E-state index is 0.213. The summed E-state index contributed by atoms with van der Waals surface area (Å²) in [7, 11) is 1.72. The predicted molar refractivity (Wildman–Crippen MR) is 72.8 cm³/mol. The van der Waals surface area contributed by atoms with Gasteiger partial charge in [-0.3, -0.25) is 0 Å². The van der Waals surface area contributed by atoms with E-state index in [1.54, 1.807) is 18.4 Å². The van der Waals surface area contributed by atoms with Crippen LogP contribution in [-0.4, -0.2) is 25.2 Å². The van der Waals surface area contributed by atoms with E-state index in [4.69, 9.17) is 9.47 Å². The summed E-state index contributed by atoms with van der Waals surface area (Å²) >= 11 is 1.77. The van der Waals surface area contributed by atoms with E-state index in [1.807, 2.05) is 0 Å². The van der Waals surface area contributed by atoms with E-state index in [-0.39, 0.29) is 6.10 Å². The van der Waals surface area contributed by atoms with Gasteiger partial charge in [0.1, 0.15) is 11.1 Å². The fourth-order valence-corrected chi connectivity index (χ4v) is 3.20. The van der Waals surface area contributed by atoms with Crippen molar-refractivity contribution < 1.29 is 9.47 Å². The molecule has 1 atom stereocenters. The smallest absolute Gasteiger partial charge is 0.122 e. The molecule has 0 saturated carbocycles. The zero-order valence-corrected chi connectivity index (χ0v) is 12.0. The van der Waals surface area contributed by atoms with Gasteiger partial charge in [-0.1, -0.05) is 6.92 Å². The molecule has 1 aliphatic rings. The third-order valence-electron chi connectivity index (χ3n) is 2.99. The molecule has 4 nitrogen and oxygen atoms in total.